The molecule has 176 valence electrons. The van der Waals surface area contributed by atoms with Crippen molar-refractivity contribution in [2.75, 3.05) is 31.1 Å². The van der Waals surface area contributed by atoms with Crippen molar-refractivity contribution in [1.82, 2.24) is 15.2 Å². The van der Waals surface area contributed by atoms with E-state index < -0.39 is 0 Å². The van der Waals surface area contributed by atoms with E-state index in [4.69, 9.17) is 9.40 Å². The molecular weight excluding hydrogens is 418 g/mol. The van der Waals surface area contributed by atoms with Crippen molar-refractivity contribution >= 4 is 17.7 Å². The van der Waals surface area contributed by atoms with Gasteiger partial charge in [0.05, 0.1) is 11.6 Å². The van der Waals surface area contributed by atoms with E-state index in [1.807, 2.05) is 18.7 Å². The summed E-state index contributed by atoms with van der Waals surface area (Å²) < 4.78 is 5.97. The minimum absolute atomic E-state index is 0.0739. The molecule has 3 rings (SSSR count). The van der Waals surface area contributed by atoms with Gasteiger partial charge in [0.2, 0.25) is 11.8 Å². The van der Waals surface area contributed by atoms with Gasteiger partial charge >= 0.3 is 0 Å². The Morgan fingerprint density at radius 1 is 1.22 bits per heavy atom. The molecule has 1 aliphatic heterocycles. The number of oxazole rings is 1. The highest BCUT2D eigenvalue weighted by molar-refractivity contribution is 7.99. The molecule has 32 heavy (non-hydrogen) atoms. The van der Waals surface area contributed by atoms with Gasteiger partial charge in [0, 0.05) is 25.2 Å². The Kier molecular flexibility index (Phi) is 10.1. The zero-order chi connectivity index (χ0) is 22.8. The molecule has 6 heteroatoms. The maximum Gasteiger partial charge on any atom is 0.226 e. The molecule has 1 aliphatic rings. The molecule has 1 aromatic heterocycles. The van der Waals surface area contributed by atoms with Crippen LogP contribution >= 0.6 is 11.8 Å². The van der Waals surface area contributed by atoms with Gasteiger partial charge in [0.15, 0.2) is 0 Å². The number of aromatic nitrogens is 1. The third-order valence-electron chi connectivity index (χ3n) is 6.16. The molecule has 1 aromatic carbocycles. The van der Waals surface area contributed by atoms with Gasteiger partial charge in [-0.1, -0.05) is 32.4 Å². The van der Waals surface area contributed by atoms with Crippen molar-refractivity contribution in [2.24, 2.45) is 5.92 Å². The Morgan fingerprint density at radius 3 is 2.75 bits per heavy atom. The number of hydrogen-bond donors (Lipinski definition) is 1. The Hall–Kier alpha value is -1.79. The Morgan fingerprint density at radius 2 is 2.00 bits per heavy atom. The first kappa shape index (κ1) is 24.8. The predicted molar refractivity (Wildman–Crippen MR) is 134 cm³/mol. The molecule has 0 saturated carbocycles. The molecule has 1 fully saturated rings. The smallest absolute Gasteiger partial charge is 0.226 e. The molecule has 0 bridgehead atoms. The second-order valence-electron chi connectivity index (χ2n) is 8.76. The first-order chi connectivity index (χ1) is 15.6. The van der Waals surface area contributed by atoms with E-state index in [1.165, 1.54) is 24.2 Å². The van der Waals surface area contributed by atoms with Crippen molar-refractivity contribution < 1.29 is 9.21 Å². The predicted octanol–water partition coefficient (Wildman–Crippen LogP) is 5.46. The van der Waals surface area contributed by atoms with Gasteiger partial charge in [-0.25, -0.2) is 4.98 Å². The minimum atomic E-state index is 0.0739. The molecule has 1 N–H and O–H groups in total. The van der Waals surface area contributed by atoms with Crippen LogP contribution in [0.5, 0.6) is 0 Å². The zero-order valence-corrected chi connectivity index (χ0v) is 20.8. The molecule has 1 saturated heterocycles. The van der Waals surface area contributed by atoms with Crippen molar-refractivity contribution in [2.45, 2.75) is 65.8 Å². The van der Waals surface area contributed by atoms with E-state index in [-0.39, 0.29) is 11.8 Å². The SMILES string of the molecule is CCCCSCCCNC(=O)C1CCCN(Cc2nc(-c3ccc(CC)cc3)oc2C)C1. The second-order valence-corrected chi connectivity index (χ2v) is 9.98. The molecule has 1 atom stereocenters. The lowest BCUT2D eigenvalue weighted by Gasteiger charge is -2.31. The number of carbonyl (C=O) groups is 1. The van der Waals surface area contributed by atoms with E-state index in [1.54, 1.807) is 0 Å². The molecule has 2 heterocycles. The third-order valence-corrected chi connectivity index (χ3v) is 7.31. The van der Waals surface area contributed by atoms with Gasteiger partial charge < -0.3 is 9.73 Å². The summed E-state index contributed by atoms with van der Waals surface area (Å²) in [5, 5.41) is 3.16. The fourth-order valence-corrected chi connectivity index (χ4v) is 5.13. The summed E-state index contributed by atoms with van der Waals surface area (Å²) in [5.41, 5.74) is 3.30. The standard InChI is InChI=1S/C26H39N3O2S/c1-4-6-16-32-17-8-14-27-25(30)23-9-7-15-29(18-23)19-24-20(3)31-26(28-24)22-12-10-21(5-2)11-13-22/h10-13,23H,4-9,14-19H2,1-3H3,(H,27,30). The number of nitrogens with one attached hydrogen (secondary N) is 1. The number of hydrogen-bond acceptors (Lipinski definition) is 5. The van der Waals surface area contributed by atoms with Crippen LogP contribution < -0.4 is 5.32 Å². The molecular formula is C26H39N3O2S. The van der Waals surface area contributed by atoms with Gasteiger partial charge in [-0.2, -0.15) is 11.8 Å². The van der Waals surface area contributed by atoms with Crippen molar-refractivity contribution in [3.63, 3.8) is 0 Å². The zero-order valence-electron chi connectivity index (χ0n) is 20.0. The largest absolute Gasteiger partial charge is 0.441 e. The lowest BCUT2D eigenvalue weighted by molar-refractivity contribution is -0.126. The van der Waals surface area contributed by atoms with Crippen LogP contribution in [0.3, 0.4) is 0 Å². The van der Waals surface area contributed by atoms with E-state index >= 15 is 0 Å². The second kappa shape index (κ2) is 13.0. The number of unbranched alkanes of at least 4 members (excludes halogenated alkanes) is 1. The number of amides is 1. The maximum atomic E-state index is 12.7. The van der Waals surface area contributed by atoms with Crippen LogP contribution in [0, 0.1) is 12.8 Å². The van der Waals surface area contributed by atoms with Crippen LogP contribution in [0.15, 0.2) is 28.7 Å². The first-order valence-electron chi connectivity index (χ1n) is 12.2. The quantitative estimate of drug-likeness (QED) is 0.429. The Bertz CT molecular complexity index is 834. The Balaban J connectivity index is 1.47. The molecule has 0 spiro atoms. The average molecular weight is 458 g/mol. The molecule has 5 nitrogen and oxygen atoms in total. The summed E-state index contributed by atoms with van der Waals surface area (Å²) in [6.45, 7) is 9.69. The van der Waals surface area contributed by atoms with E-state index in [0.717, 1.165) is 74.6 Å². The van der Waals surface area contributed by atoms with Gasteiger partial charge in [-0.3, -0.25) is 9.69 Å². The monoisotopic (exact) mass is 457 g/mol. The topological polar surface area (TPSA) is 58.4 Å². The van der Waals surface area contributed by atoms with Crippen LogP contribution in [0.1, 0.15) is 63.0 Å². The average Bonchev–Trinajstić information content (AvgIpc) is 3.18. The number of nitrogens with zero attached hydrogens (tertiary/aromatic N) is 2. The van der Waals surface area contributed by atoms with Gasteiger partial charge in [0.25, 0.3) is 0 Å². The number of likely N-dealkylation sites (tertiary alicyclic amines) is 1. The van der Waals surface area contributed by atoms with Gasteiger partial charge in [-0.15, -0.1) is 0 Å². The Labute approximate surface area is 197 Å². The van der Waals surface area contributed by atoms with E-state index in [0.29, 0.717) is 5.89 Å². The van der Waals surface area contributed by atoms with E-state index in [9.17, 15) is 4.79 Å². The van der Waals surface area contributed by atoms with Gasteiger partial charge in [0.1, 0.15) is 5.76 Å². The van der Waals surface area contributed by atoms with Crippen LogP contribution in [0.4, 0.5) is 0 Å². The van der Waals surface area contributed by atoms with E-state index in [2.05, 4.69) is 48.3 Å². The summed E-state index contributed by atoms with van der Waals surface area (Å²) in [4.78, 5) is 19.8. The highest BCUT2D eigenvalue weighted by atomic mass is 32.2. The molecule has 2 aromatic rings. The lowest BCUT2D eigenvalue weighted by atomic mass is 9.97. The number of aryl methyl sites for hydroxylation is 2. The number of piperidine rings is 1. The maximum absolute atomic E-state index is 12.7. The van der Waals surface area contributed by atoms with Gasteiger partial charge in [-0.05, 0) is 74.8 Å². The highest BCUT2D eigenvalue weighted by Crippen LogP contribution is 2.25. The number of thioether (sulfide) groups is 1. The summed E-state index contributed by atoms with van der Waals surface area (Å²) in [6.07, 6.45) is 6.64. The molecule has 1 unspecified atom stereocenters. The minimum Gasteiger partial charge on any atom is -0.441 e. The number of benzene rings is 1. The summed E-state index contributed by atoms with van der Waals surface area (Å²) in [5.74, 6) is 4.20. The first-order valence-corrected chi connectivity index (χ1v) is 13.4. The van der Waals surface area contributed by atoms with Crippen LogP contribution in [0.25, 0.3) is 11.5 Å². The number of carbonyl (C=O) groups excluding carboxylic acids is 1. The highest BCUT2D eigenvalue weighted by Gasteiger charge is 2.26. The number of rotatable bonds is 12. The fraction of sp³-hybridized carbons (Fsp3) is 0.615. The van der Waals surface area contributed by atoms with Crippen LogP contribution in [-0.4, -0.2) is 46.9 Å². The lowest BCUT2D eigenvalue weighted by Crippen LogP contribution is -2.43. The van der Waals surface area contributed by atoms with Crippen molar-refractivity contribution in [3.05, 3.63) is 41.3 Å². The molecule has 0 radical (unpaired) electrons. The third kappa shape index (κ3) is 7.38. The fourth-order valence-electron chi connectivity index (χ4n) is 4.08. The normalized spacial score (nSPS) is 16.9. The summed E-state index contributed by atoms with van der Waals surface area (Å²) in [7, 11) is 0. The van der Waals surface area contributed by atoms with Crippen molar-refractivity contribution in [3.8, 4) is 11.5 Å². The summed E-state index contributed by atoms with van der Waals surface area (Å²) >= 11 is 1.99. The summed E-state index contributed by atoms with van der Waals surface area (Å²) in [6, 6.07) is 8.42. The van der Waals surface area contributed by atoms with Crippen molar-refractivity contribution in [1.29, 1.82) is 0 Å². The molecule has 1 amide bonds. The van der Waals surface area contributed by atoms with Crippen LogP contribution in [0.2, 0.25) is 0 Å². The molecule has 0 aliphatic carbocycles. The van der Waals surface area contributed by atoms with Crippen LogP contribution in [-0.2, 0) is 17.8 Å².